The Labute approximate surface area is 279 Å². The molecule has 0 radical (unpaired) electrons. The van der Waals surface area contributed by atoms with Gasteiger partial charge in [0, 0.05) is 81.6 Å². The Morgan fingerprint density at radius 1 is 0.812 bits per heavy atom. The lowest BCUT2D eigenvalue weighted by Gasteiger charge is -2.20. The van der Waals surface area contributed by atoms with E-state index in [2.05, 4.69) is 63.9 Å². The van der Waals surface area contributed by atoms with Gasteiger partial charge in [0.25, 0.3) is 11.8 Å². The number of carbonyl (C=O) groups is 3. The van der Waals surface area contributed by atoms with Crippen molar-refractivity contribution in [1.29, 1.82) is 0 Å². The summed E-state index contributed by atoms with van der Waals surface area (Å²) in [4.78, 5) is 49.7. The number of para-hydroxylation sites is 1. The third-order valence-corrected chi connectivity index (χ3v) is 8.43. The standard InChI is InChI=1S/C37H38N7O4/c1-4-42(5-2)30-18-20-32-34(25-30)43(29-10-7-6-8-11-29)33-24-27(15-19-31(33)38-32)40-39-26-13-16-28(17-14-26)41(3)23-9-12-37(47)48-44-35(45)21-22-36(44)46/h6-8,10-11,13-20,24-25H,4-5,9,12,21-23H2,1-3H3/q+1. The Morgan fingerprint density at radius 3 is 2.10 bits per heavy atom. The Bertz CT molecular complexity index is 1980. The first kappa shape index (κ1) is 32.2. The van der Waals surface area contributed by atoms with Gasteiger partial charge in [0.1, 0.15) is 11.0 Å². The molecule has 1 aromatic heterocycles. The van der Waals surface area contributed by atoms with E-state index in [0.29, 0.717) is 29.4 Å². The molecular weight excluding hydrogens is 606 g/mol. The van der Waals surface area contributed by atoms with Crippen LogP contribution in [0.5, 0.6) is 0 Å². The first-order valence-electron chi connectivity index (χ1n) is 16.2. The fraction of sp³-hybridized carbons (Fsp3) is 0.270. The lowest BCUT2D eigenvalue weighted by Crippen LogP contribution is -2.33. The fourth-order valence-electron chi connectivity index (χ4n) is 5.82. The third kappa shape index (κ3) is 7.00. The molecule has 0 unspecified atom stereocenters. The van der Waals surface area contributed by atoms with Crippen molar-refractivity contribution in [3.8, 4) is 5.69 Å². The van der Waals surface area contributed by atoms with Crippen LogP contribution in [0.1, 0.15) is 39.5 Å². The van der Waals surface area contributed by atoms with E-state index >= 15 is 0 Å². The van der Waals surface area contributed by atoms with E-state index in [9.17, 15) is 14.4 Å². The summed E-state index contributed by atoms with van der Waals surface area (Å²) in [5.74, 6) is -1.55. The van der Waals surface area contributed by atoms with Crippen LogP contribution in [0.15, 0.2) is 101 Å². The zero-order chi connectivity index (χ0) is 33.6. The van der Waals surface area contributed by atoms with Gasteiger partial charge < -0.3 is 14.6 Å². The van der Waals surface area contributed by atoms with Gasteiger partial charge in [0.05, 0.1) is 11.4 Å². The number of anilines is 2. The maximum atomic E-state index is 12.1. The SMILES string of the molecule is CCN(CC)c1ccc2nc3ccc(N=Nc4ccc(N(C)CCCC(=O)ON5C(=O)CCC5=O)cc4)cc3[n+](-c3ccccc3)c2c1. The Kier molecular flexibility index (Phi) is 9.65. The van der Waals surface area contributed by atoms with Gasteiger partial charge in [-0.2, -0.15) is 10.2 Å². The smallest absolute Gasteiger partial charge is 0.333 e. The van der Waals surface area contributed by atoms with E-state index in [1.807, 2.05) is 72.6 Å². The summed E-state index contributed by atoms with van der Waals surface area (Å²) in [7, 11) is 1.93. The third-order valence-electron chi connectivity index (χ3n) is 8.43. The molecule has 0 saturated carbocycles. The minimum Gasteiger partial charge on any atom is -0.375 e. The first-order chi connectivity index (χ1) is 23.3. The minimum absolute atomic E-state index is 0.0773. The van der Waals surface area contributed by atoms with Gasteiger partial charge in [-0.15, -0.1) is 9.63 Å². The number of fused-ring (bicyclic) bond motifs is 2. The summed E-state index contributed by atoms with van der Waals surface area (Å²) in [6, 6.07) is 30.3. The molecule has 2 amide bonds. The number of hydroxylamine groups is 2. The normalized spacial score (nSPS) is 13.2. The number of azo groups is 1. The number of rotatable bonds is 12. The number of hydrogen-bond donors (Lipinski definition) is 0. The molecule has 244 valence electrons. The minimum atomic E-state index is -0.598. The van der Waals surface area contributed by atoms with Crippen molar-refractivity contribution in [1.82, 2.24) is 10.0 Å². The molecule has 1 aliphatic rings. The van der Waals surface area contributed by atoms with Crippen molar-refractivity contribution in [2.24, 2.45) is 10.2 Å². The van der Waals surface area contributed by atoms with Crippen LogP contribution in [-0.2, 0) is 19.2 Å². The van der Waals surface area contributed by atoms with E-state index in [1.54, 1.807) is 0 Å². The van der Waals surface area contributed by atoms with Crippen LogP contribution in [0.25, 0.3) is 27.8 Å². The summed E-state index contributed by atoms with van der Waals surface area (Å²) in [6.45, 7) is 6.73. The highest BCUT2D eigenvalue weighted by Crippen LogP contribution is 2.27. The molecule has 48 heavy (non-hydrogen) atoms. The average molecular weight is 645 g/mol. The molecular formula is C37H38N7O4+. The topological polar surface area (TPSA) is 112 Å². The maximum absolute atomic E-state index is 12.1. The highest BCUT2D eigenvalue weighted by molar-refractivity contribution is 6.01. The van der Waals surface area contributed by atoms with Gasteiger partial charge in [0.15, 0.2) is 0 Å². The van der Waals surface area contributed by atoms with Crippen molar-refractivity contribution in [3.05, 3.63) is 91.0 Å². The summed E-state index contributed by atoms with van der Waals surface area (Å²) in [5, 5.41) is 9.66. The summed E-state index contributed by atoms with van der Waals surface area (Å²) in [5.41, 5.74) is 8.26. The fourth-order valence-corrected chi connectivity index (χ4v) is 5.82. The Hall–Kier alpha value is -5.71. The van der Waals surface area contributed by atoms with Gasteiger partial charge in [-0.3, -0.25) is 9.59 Å². The summed E-state index contributed by atoms with van der Waals surface area (Å²) < 4.78 is 2.24. The predicted octanol–water partition coefficient (Wildman–Crippen LogP) is 6.75. The molecule has 4 aromatic carbocycles. The van der Waals surface area contributed by atoms with Gasteiger partial charge in [-0.1, -0.05) is 18.2 Å². The van der Waals surface area contributed by atoms with Crippen LogP contribution >= 0.6 is 0 Å². The number of hydrogen-bond acceptors (Lipinski definition) is 9. The van der Waals surface area contributed by atoms with Crippen LogP contribution in [0.2, 0.25) is 0 Å². The molecule has 0 atom stereocenters. The zero-order valence-electron chi connectivity index (χ0n) is 27.4. The molecule has 5 aromatic rings. The number of amides is 2. The molecule has 0 aliphatic carbocycles. The summed E-state index contributed by atoms with van der Waals surface area (Å²) in [6.07, 6.45) is 0.743. The van der Waals surface area contributed by atoms with Gasteiger partial charge in [0.2, 0.25) is 16.7 Å². The van der Waals surface area contributed by atoms with Crippen molar-refractivity contribution in [3.63, 3.8) is 0 Å². The van der Waals surface area contributed by atoms with E-state index in [0.717, 1.165) is 52.2 Å². The Morgan fingerprint density at radius 2 is 1.42 bits per heavy atom. The number of aromatic nitrogens is 2. The van der Waals surface area contributed by atoms with E-state index in [1.165, 1.54) is 0 Å². The lowest BCUT2D eigenvalue weighted by atomic mass is 10.1. The number of carbonyl (C=O) groups excluding carboxylic acids is 3. The zero-order valence-corrected chi connectivity index (χ0v) is 27.4. The van der Waals surface area contributed by atoms with E-state index < -0.39 is 17.8 Å². The van der Waals surface area contributed by atoms with Crippen LogP contribution in [0.4, 0.5) is 22.7 Å². The van der Waals surface area contributed by atoms with Crippen molar-refractivity contribution in [2.45, 2.75) is 39.5 Å². The Balaban J connectivity index is 1.18. The molecule has 0 spiro atoms. The highest BCUT2D eigenvalue weighted by atomic mass is 16.7. The van der Waals surface area contributed by atoms with Gasteiger partial charge in [-0.05, 0) is 68.8 Å². The van der Waals surface area contributed by atoms with E-state index in [-0.39, 0.29) is 19.3 Å². The predicted molar refractivity (Wildman–Crippen MR) is 185 cm³/mol. The lowest BCUT2D eigenvalue weighted by molar-refractivity contribution is -0.538. The second-order valence-corrected chi connectivity index (χ2v) is 11.6. The largest absolute Gasteiger partial charge is 0.375 e. The van der Waals surface area contributed by atoms with Crippen molar-refractivity contribution >= 4 is 62.6 Å². The highest BCUT2D eigenvalue weighted by Gasteiger charge is 2.32. The van der Waals surface area contributed by atoms with Crippen LogP contribution in [-0.4, -0.2) is 54.5 Å². The van der Waals surface area contributed by atoms with E-state index in [4.69, 9.17) is 9.82 Å². The number of imide groups is 1. The number of nitrogens with zero attached hydrogens (tertiary/aromatic N) is 7. The molecule has 1 aliphatic heterocycles. The van der Waals surface area contributed by atoms with Crippen LogP contribution in [0.3, 0.4) is 0 Å². The summed E-state index contributed by atoms with van der Waals surface area (Å²) >= 11 is 0. The monoisotopic (exact) mass is 644 g/mol. The van der Waals surface area contributed by atoms with Gasteiger partial charge in [-0.25, -0.2) is 9.78 Å². The van der Waals surface area contributed by atoms with Crippen LogP contribution < -0.4 is 14.4 Å². The molecule has 2 heterocycles. The molecule has 6 rings (SSSR count). The molecule has 0 bridgehead atoms. The van der Waals surface area contributed by atoms with Gasteiger partial charge >= 0.3 is 5.97 Å². The molecule has 11 heteroatoms. The first-order valence-corrected chi connectivity index (χ1v) is 16.2. The van der Waals surface area contributed by atoms with Crippen molar-refractivity contribution in [2.75, 3.05) is 36.5 Å². The number of benzene rings is 4. The maximum Gasteiger partial charge on any atom is 0.333 e. The average Bonchev–Trinajstić information content (AvgIpc) is 3.42. The molecule has 11 nitrogen and oxygen atoms in total. The second kappa shape index (κ2) is 14.4. The van der Waals surface area contributed by atoms with Crippen molar-refractivity contribution < 1.29 is 23.8 Å². The molecule has 1 fully saturated rings. The quantitative estimate of drug-likeness (QED) is 0.0639. The second-order valence-electron chi connectivity index (χ2n) is 11.6. The molecule has 1 saturated heterocycles. The van der Waals surface area contributed by atoms with Crippen LogP contribution in [0, 0.1) is 0 Å². The molecule has 0 N–H and O–H groups in total.